The monoisotopic (exact) mass is 242 g/mol. The topological polar surface area (TPSA) is 29.5 Å². The largest absolute Gasteiger partial charge is 0.508 e. The Kier molecular flexibility index (Phi) is 4.65. The summed E-state index contributed by atoms with van der Waals surface area (Å²) in [5.41, 5.74) is 1.38. The van der Waals surface area contributed by atoms with Crippen LogP contribution in [-0.4, -0.2) is 11.7 Å². The van der Waals surface area contributed by atoms with Crippen molar-refractivity contribution in [2.75, 3.05) is 6.61 Å². The molecular weight excluding hydrogens is 224 g/mol. The van der Waals surface area contributed by atoms with Crippen LogP contribution in [-0.2, 0) is 6.42 Å². The van der Waals surface area contributed by atoms with E-state index in [1.165, 1.54) is 5.56 Å². The third-order valence-electron chi connectivity index (χ3n) is 2.81. The van der Waals surface area contributed by atoms with Crippen molar-refractivity contribution in [1.29, 1.82) is 0 Å². The lowest BCUT2D eigenvalue weighted by Gasteiger charge is -2.06. The molecule has 0 amide bonds. The molecule has 1 N–H and O–H groups in total. The summed E-state index contributed by atoms with van der Waals surface area (Å²) in [6.45, 7) is 0.720. The molecule has 0 spiro atoms. The SMILES string of the molecule is Oc1ccc(OCCCCc2ccccc2)cc1. The predicted molar refractivity (Wildman–Crippen MR) is 73.0 cm³/mol. The van der Waals surface area contributed by atoms with E-state index in [4.69, 9.17) is 9.84 Å². The first-order chi connectivity index (χ1) is 8.84. The second-order valence-electron chi connectivity index (χ2n) is 4.29. The molecule has 0 unspecified atom stereocenters. The Bertz CT molecular complexity index is 448. The van der Waals surface area contributed by atoms with Crippen LogP contribution in [0.5, 0.6) is 11.5 Å². The quantitative estimate of drug-likeness (QED) is 0.781. The van der Waals surface area contributed by atoms with Gasteiger partial charge in [0, 0.05) is 0 Å². The number of unbranched alkanes of at least 4 members (excludes halogenated alkanes) is 1. The maximum atomic E-state index is 9.14. The lowest BCUT2D eigenvalue weighted by Crippen LogP contribution is -1.98. The third kappa shape index (κ3) is 4.13. The maximum absolute atomic E-state index is 9.14. The summed E-state index contributed by atoms with van der Waals surface area (Å²) in [5, 5.41) is 9.14. The van der Waals surface area contributed by atoms with Crippen LogP contribution in [0.15, 0.2) is 54.6 Å². The van der Waals surface area contributed by atoms with Gasteiger partial charge in [-0.25, -0.2) is 0 Å². The van der Waals surface area contributed by atoms with Crippen molar-refractivity contribution in [2.45, 2.75) is 19.3 Å². The zero-order valence-corrected chi connectivity index (χ0v) is 10.4. The first-order valence-electron chi connectivity index (χ1n) is 6.30. The van der Waals surface area contributed by atoms with Crippen LogP contribution in [0.2, 0.25) is 0 Å². The van der Waals surface area contributed by atoms with Gasteiger partial charge in [-0.3, -0.25) is 0 Å². The lowest BCUT2D eigenvalue weighted by atomic mass is 10.1. The van der Waals surface area contributed by atoms with E-state index in [-0.39, 0.29) is 5.75 Å². The predicted octanol–water partition coefficient (Wildman–Crippen LogP) is 3.79. The van der Waals surface area contributed by atoms with E-state index in [9.17, 15) is 0 Å². The molecule has 0 aliphatic carbocycles. The summed E-state index contributed by atoms with van der Waals surface area (Å²) in [6.07, 6.45) is 3.26. The normalized spacial score (nSPS) is 10.2. The van der Waals surface area contributed by atoms with Gasteiger partial charge < -0.3 is 9.84 Å². The van der Waals surface area contributed by atoms with E-state index in [2.05, 4.69) is 24.3 Å². The van der Waals surface area contributed by atoms with Gasteiger partial charge in [0.2, 0.25) is 0 Å². The second kappa shape index (κ2) is 6.70. The van der Waals surface area contributed by atoms with Crippen LogP contribution >= 0.6 is 0 Å². The van der Waals surface area contributed by atoms with Gasteiger partial charge in [-0.1, -0.05) is 30.3 Å². The Labute approximate surface area is 108 Å². The zero-order chi connectivity index (χ0) is 12.6. The minimum absolute atomic E-state index is 0.270. The van der Waals surface area contributed by atoms with Gasteiger partial charge in [-0.2, -0.15) is 0 Å². The fourth-order valence-electron chi connectivity index (χ4n) is 1.81. The fourth-order valence-corrected chi connectivity index (χ4v) is 1.81. The zero-order valence-electron chi connectivity index (χ0n) is 10.4. The molecule has 0 atom stereocenters. The summed E-state index contributed by atoms with van der Waals surface area (Å²) in [4.78, 5) is 0. The van der Waals surface area contributed by atoms with Gasteiger partial charge in [-0.15, -0.1) is 0 Å². The Balaban J connectivity index is 1.63. The molecule has 0 heterocycles. The van der Waals surface area contributed by atoms with Crippen molar-refractivity contribution in [1.82, 2.24) is 0 Å². The number of aryl methyl sites for hydroxylation is 1. The molecule has 18 heavy (non-hydrogen) atoms. The van der Waals surface area contributed by atoms with E-state index in [1.807, 2.05) is 6.07 Å². The molecule has 0 aliphatic heterocycles. The van der Waals surface area contributed by atoms with Gasteiger partial charge in [0.25, 0.3) is 0 Å². The average molecular weight is 242 g/mol. The number of ether oxygens (including phenoxy) is 1. The third-order valence-corrected chi connectivity index (χ3v) is 2.81. The van der Waals surface area contributed by atoms with Crippen LogP contribution in [0, 0.1) is 0 Å². The van der Waals surface area contributed by atoms with Crippen molar-refractivity contribution >= 4 is 0 Å². The highest BCUT2D eigenvalue weighted by molar-refractivity contribution is 5.30. The highest BCUT2D eigenvalue weighted by atomic mass is 16.5. The molecule has 0 radical (unpaired) electrons. The molecule has 2 rings (SSSR count). The van der Waals surface area contributed by atoms with Crippen molar-refractivity contribution < 1.29 is 9.84 Å². The van der Waals surface area contributed by atoms with Gasteiger partial charge in [0.1, 0.15) is 11.5 Å². The number of rotatable bonds is 6. The number of aromatic hydroxyl groups is 1. The fraction of sp³-hybridized carbons (Fsp3) is 0.250. The summed E-state index contributed by atoms with van der Waals surface area (Å²) >= 11 is 0. The minimum Gasteiger partial charge on any atom is -0.508 e. The number of phenolic OH excluding ortho intramolecular Hbond substituents is 1. The summed E-state index contributed by atoms with van der Waals surface area (Å²) in [6, 6.07) is 17.3. The summed E-state index contributed by atoms with van der Waals surface area (Å²) < 4.78 is 5.59. The molecule has 0 aromatic heterocycles. The number of hydrogen-bond acceptors (Lipinski definition) is 2. The Morgan fingerprint density at radius 1 is 0.833 bits per heavy atom. The molecule has 2 nitrogen and oxygen atoms in total. The summed E-state index contributed by atoms with van der Waals surface area (Å²) in [7, 11) is 0. The van der Waals surface area contributed by atoms with E-state index < -0.39 is 0 Å². The van der Waals surface area contributed by atoms with Crippen molar-refractivity contribution in [2.24, 2.45) is 0 Å². The minimum atomic E-state index is 0.270. The molecule has 0 bridgehead atoms. The van der Waals surface area contributed by atoms with E-state index in [0.29, 0.717) is 0 Å². The number of benzene rings is 2. The number of phenols is 1. The first kappa shape index (κ1) is 12.5. The van der Waals surface area contributed by atoms with Crippen molar-refractivity contribution in [3.8, 4) is 11.5 Å². The highest BCUT2D eigenvalue weighted by Gasteiger charge is 1.95. The lowest BCUT2D eigenvalue weighted by molar-refractivity contribution is 0.306. The molecule has 2 aromatic rings. The molecule has 0 fully saturated rings. The first-order valence-corrected chi connectivity index (χ1v) is 6.30. The standard InChI is InChI=1S/C16H18O2/c17-15-9-11-16(12-10-15)18-13-5-4-8-14-6-2-1-3-7-14/h1-3,6-7,9-12,17H,4-5,8,13H2. The van der Waals surface area contributed by atoms with E-state index >= 15 is 0 Å². The van der Waals surface area contributed by atoms with Gasteiger partial charge in [0.15, 0.2) is 0 Å². The van der Waals surface area contributed by atoms with E-state index in [1.54, 1.807) is 24.3 Å². The Morgan fingerprint density at radius 2 is 1.56 bits per heavy atom. The molecular formula is C16H18O2. The van der Waals surface area contributed by atoms with Crippen LogP contribution in [0.1, 0.15) is 18.4 Å². The van der Waals surface area contributed by atoms with Crippen LogP contribution in [0.4, 0.5) is 0 Å². The Morgan fingerprint density at radius 3 is 2.28 bits per heavy atom. The molecule has 0 saturated carbocycles. The van der Waals surface area contributed by atoms with Gasteiger partial charge in [-0.05, 0) is 49.1 Å². The average Bonchev–Trinajstić information content (AvgIpc) is 2.42. The maximum Gasteiger partial charge on any atom is 0.119 e. The van der Waals surface area contributed by atoms with E-state index in [0.717, 1.165) is 31.6 Å². The summed E-state index contributed by atoms with van der Waals surface area (Å²) in [5.74, 6) is 1.08. The molecule has 0 saturated heterocycles. The molecule has 2 heteroatoms. The molecule has 94 valence electrons. The van der Waals surface area contributed by atoms with Gasteiger partial charge >= 0.3 is 0 Å². The Hall–Kier alpha value is -1.96. The second-order valence-corrected chi connectivity index (χ2v) is 4.29. The van der Waals surface area contributed by atoms with Gasteiger partial charge in [0.05, 0.1) is 6.61 Å². The van der Waals surface area contributed by atoms with Crippen LogP contribution in [0.25, 0.3) is 0 Å². The van der Waals surface area contributed by atoms with Crippen molar-refractivity contribution in [3.63, 3.8) is 0 Å². The molecule has 0 aliphatic rings. The van der Waals surface area contributed by atoms with Crippen molar-refractivity contribution in [3.05, 3.63) is 60.2 Å². The van der Waals surface area contributed by atoms with Crippen LogP contribution < -0.4 is 4.74 Å². The molecule has 2 aromatic carbocycles. The van der Waals surface area contributed by atoms with Crippen LogP contribution in [0.3, 0.4) is 0 Å². The number of hydrogen-bond donors (Lipinski definition) is 1. The highest BCUT2D eigenvalue weighted by Crippen LogP contribution is 2.16. The smallest absolute Gasteiger partial charge is 0.119 e.